The highest BCUT2D eigenvalue weighted by Crippen LogP contribution is 2.44. The normalized spacial score (nSPS) is 26.8. The molecule has 98 valence electrons. The third-order valence-corrected chi connectivity index (χ3v) is 4.43. The molecule has 2 heteroatoms. The van der Waals surface area contributed by atoms with Gasteiger partial charge in [-0.15, -0.1) is 0 Å². The van der Waals surface area contributed by atoms with Gasteiger partial charge in [0.15, 0.2) is 0 Å². The second kappa shape index (κ2) is 4.93. The number of ether oxygens (including phenoxy) is 1. The predicted molar refractivity (Wildman–Crippen MR) is 71.7 cm³/mol. The second-order valence-corrected chi connectivity index (χ2v) is 5.81. The van der Waals surface area contributed by atoms with Gasteiger partial charge in [0.1, 0.15) is 11.4 Å². The van der Waals surface area contributed by atoms with Crippen LogP contribution in [0.15, 0.2) is 24.3 Å². The number of rotatable bonds is 0. The first-order valence-electron chi connectivity index (χ1n) is 7.25. The first kappa shape index (κ1) is 12.0. The fraction of sp³-hybridized carbons (Fsp3) is 0.625. The van der Waals surface area contributed by atoms with Gasteiger partial charge in [0.2, 0.25) is 0 Å². The van der Waals surface area contributed by atoms with Crippen LogP contribution in [0.3, 0.4) is 0 Å². The van der Waals surface area contributed by atoms with Gasteiger partial charge in [-0.25, -0.2) is 0 Å². The third-order valence-electron chi connectivity index (χ3n) is 4.43. The molecule has 1 aromatic carbocycles. The quantitative estimate of drug-likeness (QED) is 0.750. The molecular formula is C16H22O2. The SMILES string of the molecule is O[C@H]1CC2(CCCCCCC2)Oc2ccccc21. The summed E-state index contributed by atoms with van der Waals surface area (Å²) < 4.78 is 6.31. The molecule has 0 aromatic heterocycles. The maximum Gasteiger partial charge on any atom is 0.125 e. The molecule has 18 heavy (non-hydrogen) atoms. The summed E-state index contributed by atoms with van der Waals surface area (Å²) >= 11 is 0. The van der Waals surface area contributed by atoms with Gasteiger partial charge in [-0.2, -0.15) is 0 Å². The minimum absolute atomic E-state index is 0.103. The van der Waals surface area contributed by atoms with E-state index in [1.54, 1.807) is 0 Å². The number of benzene rings is 1. The van der Waals surface area contributed by atoms with E-state index in [0.29, 0.717) is 0 Å². The van der Waals surface area contributed by atoms with Gasteiger partial charge in [-0.05, 0) is 31.7 Å². The molecule has 3 rings (SSSR count). The zero-order valence-electron chi connectivity index (χ0n) is 10.9. The van der Waals surface area contributed by atoms with Crippen LogP contribution in [0.4, 0.5) is 0 Å². The molecule has 1 atom stereocenters. The monoisotopic (exact) mass is 246 g/mol. The van der Waals surface area contributed by atoms with Crippen LogP contribution < -0.4 is 4.74 Å². The van der Waals surface area contributed by atoms with E-state index in [1.165, 1.54) is 32.1 Å². The van der Waals surface area contributed by atoms with E-state index >= 15 is 0 Å². The Kier molecular flexibility index (Phi) is 3.29. The van der Waals surface area contributed by atoms with Crippen molar-refractivity contribution in [3.63, 3.8) is 0 Å². The molecule has 0 saturated heterocycles. The highest BCUT2D eigenvalue weighted by molar-refractivity contribution is 5.37. The lowest BCUT2D eigenvalue weighted by molar-refractivity contribution is -0.0312. The van der Waals surface area contributed by atoms with Crippen LogP contribution >= 0.6 is 0 Å². The molecule has 2 aliphatic rings. The summed E-state index contributed by atoms with van der Waals surface area (Å²) in [6.07, 6.45) is 9.04. The lowest BCUT2D eigenvalue weighted by Crippen LogP contribution is -2.41. The molecule has 1 heterocycles. The minimum atomic E-state index is -0.352. The van der Waals surface area contributed by atoms with Crippen LogP contribution in [0, 0.1) is 0 Å². The van der Waals surface area contributed by atoms with Crippen molar-refractivity contribution in [3.05, 3.63) is 29.8 Å². The Bertz CT molecular complexity index is 405. The van der Waals surface area contributed by atoms with Crippen LogP contribution in [-0.2, 0) is 0 Å². The number of hydrogen-bond donors (Lipinski definition) is 1. The molecule has 0 bridgehead atoms. The first-order chi connectivity index (χ1) is 8.79. The Morgan fingerprint density at radius 3 is 2.44 bits per heavy atom. The largest absolute Gasteiger partial charge is 0.487 e. The summed E-state index contributed by atoms with van der Waals surface area (Å²) in [6, 6.07) is 7.95. The zero-order valence-corrected chi connectivity index (χ0v) is 10.9. The molecule has 1 aromatic rings. The number of fused-ring (bicyclic) bond motifs is 1. The summed E-state index contributed by atoms with van der Waals surface area (Å²) in [5, 5.41) is 10.4. The molecule has 2 nitrogen and oxygen atoms in total. The molecule has 1 spiro atoms. The molecule has 0 amide bonds. The second-order valence-electron chi connectivity index (χ2n) is 5.81. The number of aliphatic hydroxyl groups is 1. The molecule has 1 fully saturated rings. The van der Waals surface area contributed by atoms with Crippen LogP contribution in [0.2, 0.25) is 0 Å². The van der Waals surface area contributed by atoms with E-state index in [-0.39, 0.29) is 11.7 Å². The van der Waals surface area contributed by atoms with Crippen LogP contribution in [0.1, 0.15) is 63.0 Å². The molecule has 1 aliphatic carbocycles. The minimum Gasteiger partial charge on any atom is -0.487 e. The zero-order chi connectivity index (χ0) is 12.4. The van der Waals surface area contributed by atoms with E-state index in [9.17, 15) is 5.11 Å². The van der Waals surface area contributed by atoms with Gasteiger partial charge in [0.05, 0.1) is 6.10 Å². The van der Waals surface area contributed by atoms with Gasteiger partial charge in [-0.1, -0.05) is 37.5 Å². The van der Waals surface area contributed by atoms with Crippen molar-refractivity contribution in [3.8, 4) is 5.75 Å². The summed E-state index contributed by atoms with van der Waals surface area (Å²) in [7, 11) is 0. The predicted octanol–water partition coefficient (Wildman–Crippen LogP) is 3.99. The standard InChI is InChI=1S/C16H22O2/c17-14-12-16(10-6-2-1-3-7-11-16)18-15-9-5-4-8-13(14)15/h4-5,8-9,14,17H,1-3,6-7,10-12H2/t14-/m0/s1. The van der Waals surface area contributed by atoms with Crippen molar-refractivity contribution >= 4 is 0 Å². The third kappa shape index (κ3) is 2.26. The number of hydrogen-bond acceptors (Lipinski definition) is 2. The van der Waals surface area contributed by atoms with Crippen LogP contribution in [0.25, 0.3) is 0 Å². The Balaban J connectivity index is 1.86. The van der Waals surface area contributed by atoms with E-state index in [1.807, 2.05) is 24.3 Å². The van der Waals surface area contributed by atoms with E-state index < -0.39 is 0 Å². The average Bonchev–Trinajstić information content (AvgIpc) is 2.35. The van der Waals surface area contributed by atoms with Gasteiger partial charge in [0.25, 0.3) is 0 Å². The van der Waals surface area contributed by atoms with Crippen molar-refractivity contribution in [2.45, 2.75) is 63.1 Å². The Morgan fingerprint density at radius 2 is 1.67 bits per heavy atom. The Morgan fingerprint density at radius 1 is 1.00 bits per heavy atom. The van der Waals surface area contributed by atoms with Crippen molar-refractivity contribution < 1.29 is 9.84 Å². The highest BCUT2D eigenvalue weighted by Gasteiger charge is 2.39. The Hall–Kier alpha value is -1.02. The van der Waals surface area contributed by atoms with E-state index in [4.69, 9.17) is 4.74 Å². The Labute approximate surface area is 109 Å². The van der Waals surface area contributed by atoms with Gasteiger partial charge in [-0.3, -0.25) is 0 Å². The molecule has 0 unspecified atom stereocenters. The summed E-state index contributed by atoms with van der Waals surface area (Å²) in [5.41, 5.74) is 0.860. The van der Waals surface area contributed by atoms with Gasteiger partial charge >= 0.3 is 0 Å². The summed E-state index contributed by atoms with van der Waals surface area (Å²) in [5.74, 6) is 0.900. The van der Waals surface area contributed by atoms with Gasteiger partial charge < -0.3 is 9.84 Å². The van der Waals surface area contributed by atoms with Crippen molar-refractivity contribution in [2.75, 3.05) is 0 Å². The topological polar surface area (TPSA) is 29.5 Å². The average molecular weight is 246 g/mol. The molecular weight excluding hydrogens is 224 g/mol. The fourth-order valence-corrected chi connectivity index (χ4v) is 3.44. The maximum absolute atomic E-state index is 10.4. The lowest BCUT2D eigenvalue weighted by Gasteiger charge is -2.42. The summed E-state index contributed by atoms with van der Waals surface area (Å²) in [4.78, 5) is 0. The van der Waals surface area contributed by atoms with E-state index in [0.717, 1.165) is 30.6 Å². The van der Waals surface area contributed by atoms with Crippen molar-refractivity contribution in [2.24, 2.45) is 0 Å². The van der Waals surface area contributed by atoms with Gasteiger partial charge in [0, 0.05) is 12.0 Å². The van der Waals surface area contributed by atoms with Crippen molar-refractivity contribution in [1.82, 2.24) is 0 Å². The smallest absolute Gasteiger partial charge is 0.125 e. The number of para-hydroxylation sites is 1. The maximum atomic E-state index is 10.4. The lowest BCUT2D eigenvalue weighted by atomic mass is 9.79. The highest BCUT2D eigenvalue weighted by atomic mass is 16.5. The van der Waals surface area contributed by atoms with Crippen molar-refractivity contribution in [1.29, 1.82) is 0 Å². The fourth-order valence-electron chi connectivity index (χ4n) is 3.44. The molecule has 1 saturated carbocycles. The number of aliphatic hydroxyl groups excluding tert-OH is 1. The summed E-state index contributed by atoms with van der Waals surface area (Å²) in [6.45, 7) is 0. The first-order valence-corrected chi connectivity index (χ1v) is 7.25. The van der Waals surface area contributed by atoms with Crippen LogP contribution in [0.5, 0.6) is 5.75 Å². The molecule has 1 aliphatic heterocycles. The molecule has 0 radical (unpaired) electrons. The van der Waals surface area contributed by atoms with E-state index in [2.05, 4.69) is 0 Å². The molecule has 1 N–H and O–H groups in total. The van der Waals surface area contributed by atoms with Crippen LogP contribution in [-0.4, -0.2) is 10.7 Å².